The normalized spacial score (nSPS) is 11.2. The molecule has 42 heavy (non-hydrogen) atoms. The number of benzene rings is 4. The van der Waals surface area contributed by atoms with Gasteiger partial charge in [-0.1, -0.05) is 43.9 Å². The molecule has 0 heterocycles. The fourth-order valence-corrected chi connectivity index (χ4v) is 4.83. The molecule has 0 bridgehead atoms. The molecule has 0 aliphatic heterocycles. The van der Waals surface area contributed by atoms with E-state index in [1.54, 1.807) is 12.1 Å². The first-order chi connectivity index (χ1) is 20.4. The number of unbranched alkanes of at least 4 members (excludes halogenated alkanes) is 5. The van der Waals surface area contributed by atoms with E-state index in [1.165, 1.54) is 18.2 Å². The number of aromatic carboxylic acids is 2. The molecule has 0 aliphatic rings. The van der Waals surface area contributed by atoms with E-state index >= 15 is 0 Å². The zero-order valence-corrected chi connectivity index (χ0v) is 23.1. The highest BCUT2D eigenvalue weighted by Gasteiger charge is 2.14. The van der Waals surface area contributed by atoms with Crippen LogP contribution in [0.4, 0.5) is 0 Å². The Bertz CT molecular complexity index is 1530. The van der Waals surface area contributed by atoms with Gasteiger partial charge in [-0.15, -0.1) is 0 Å². The fourth-order valence-electron chi connectivity index (χ4n) is 4.83. The van der Waals surface area contributed by atoms with E-state index in [0.717, 1.165) is 60.4 Å². The largest absolute Gasteiger partial charge is 0.493 e. The third kappa shape index (κ3) is 8.17. The summed E-state index contributed by atoms with van der Waals surface area (Å²) >= 11 is 0. The van der Waals surface area contributed by atoms with Crippen molar-refractivity contribution >= 4 is 33.5 Å². The minimum atomic E-state index is -1.13. The lowest BCUT2D eigenvalue weighted by atomic mass is 10.0. The number of hydrogen-bond acceptors (Lipinski definition) is 8. The number of carbonyl (C=O) groups is 2. The van der Waals surface area contributed by atoms with E-state index in [0.29, 0.717) is 29.7 Å². The number of hydrogen-bond donors (Lipinski definition) is 4. The predicted octanol–water partition coefficient (Wildman–Crippen LogP) is 7.17. The molecule has 10 nitrogen and oxygen atoms in total. The van der Waals surface area contributed by atoms with Gasteiger partial charge in [0.2, 0.25) is 0 Å². The third-order valence-electron chi connectivity index (χ3n) is 7.01. The van der Waals surface area contributed by atoms with E-state index in [1.807, 2.05) is 30.3 Å². The Morgan fingerprint density at radius 1 is 0.571 bits per heavy atom. The van der Waals surface area contributed by atoms with Gasteiger partial charge in [-0.25, -0.2) is 19.4 Å². The molecular formula is C32H34O10. The van der Waals surface area contributed by atoms with Gasteiger partial charge in [0.1, 0.15) is 30.3 Å². The Labute approximate surface area is 242 Å². The Kier molecular flexibility index (Phi) is 11.1. The van der Waals surface area contributed by atoms with E-state index < -0.39 is 11.9 Å². The van der Waals surface area contributed by atoms with Crippen molar-refractivity contribution in [1.29, 1.82) is 0 Å². The molecular weight excluding hydrogens is 544 g/mol. The van der Waals surface area contributed by atoms with Crippen LogP contribution in [0.3, 0.4) is 0 Å². The van der Waals surface area contributed by atoms with Gasteiger partial charge >= 0.3 is 11.9 Å². The van der Waals surface area contributed by atoms with Gasteiger partial charge in [-0.3, -0.25) is 10.5 Å². The number of carboxylic acid groups (broad SMARTS) is 2. The zero-order chi connectivity index (χ0) is 29.9. The van der Waals surface area contributed by atoms with Crippen LogP contribution in [-0.4, -0.2) is 45.9 Å². The van der Waals surface area contributed by atoms with Crippen molar-refractivity contribution in [3.8, 4) is 11.5 Å². The van der Waals surface area contributed by atoms with Gasteiger partial charge in [-0.05, 0) is 82.4 Å². The molecule has 0 atom stereocenters. The lowest BCUT2D eigenvalue weighted by molar-refractivity contribution is -0.253. The molecule has 0 fully saturated rings. The van der Waals surface area contributed by atoms with Crippen molar-refractivity contribution in [2.75, 3.05) is 13.2 Å². The van der Waals surface area contributed by atoms with Crippen molar-refractivity contribution in [1.82, 2.24) is 0 Å². The summed E-state index contributed by atoms with van der Waals surface area (Å²) in [7, 11) is 0. The molecule has 0 aliphatic carbocycles. The molecule has 0 amide bonds. The van der Waals surface area contributed by atoms with Crippen molar-refractivity contribution in [2.45, 2.75) is 51.7 Å². The van der Waals surface area contributed by atoms with Crippen LogP contribution in [0, 0.1) is 0 Å². The van der Waals surface area contributed by atoms with Crippen LogP contribution in [0.2, 0.25) is 0 Å². The summed E-state index contributed by atoms with van der Waals surface area (Å²) in [6.07, 6.45) is 5.58. The standard InChI is InChI=1S/C32H34O10/c33-31(34)24-10-9-23-18-30(28(32(35)36)16-26(23)14-24)40-12-6-4-2-1-3-5-11-39-29-17-22-8-7-21(19-41-37)13-25(22)15-27(29)20-42-38/h7-10,13-18,37-38H,1-6,11-12,19-20H2,(H,33,34)(H,35,36). The maximum absolute atomic E-state index is 11.7. The molecule has 0 unspecified atom stereocenters. The Balaban J connectivity index is 1.18. The minimum Gasteiger partial charge on any atom is -0.493 e. The molecule has 0 radical (unpaired) electrons. The molecule has 0 saturated carbocycles. The van der Waals surface area contributed by atoms with Crippen LogP contribution in [0.5, 0.6) is 11.5 Å². The SMILES string of the molecule is O=C(O)c1ccc2cc(OCCCCCCCCOc3cc4ccc(COO)cc4cc3COO)c(C(=O)O)cc2c1. The van der Waals surface area contributed by atoms with Gasteiger partial charge in [0.05, 0.1) is 18.8 Å². The molecule has 4 rings (SSSR count). The molecule has 0 saturated heterocycles. The Morgan fingerprint density at radius 2 is 1.17 bits per heavy atom. The van der Waals surface area contributed by atoms with Crippen molar-refractivity contribution in [2.24, 2.45) is 0 Å². The van der Waals surface area contributed by atoms with Crippen molar-refractivity contribution < 1.29 is 49.6 Å². The average Bonchev–Trinajstić information content (AvgIpc) is 2.97. The number of ether oxygens (including phenoxy) is 2. The highest BCUT2D eigenvalue weighted by Crippen LogP contribution is 2.29. The van der Waals surface area contributed by atoms with Gasteiger partial charge in [0.25, 0.3) is 0 Å². The number of carboxylic acids is 2. The second kappa shape index (κ2) is 15.1. The molecule has 10 heteroatoms. The van der Waals surface area contributed by atoms with Gasteiger partial charge in [0.15, 0.2) is 0 Å². The number of rotatable bonds is 17. The van der Waals surface area contributed by atoms with E-state index in [9.17, 15) is 19.8 Å². The first-order valence-corrected chi connectivity index (χ1v) is 13.8. The fraction of sp³-hybridized carbons (Fsp3) is 0.312. The summed E-state index contributed by atoms with van der Waals surface area (Å²) < 4.78 is 11.8. The summed E-state index contributed by atoms with van der Waals surface area (Å²) in [5.74, 6) is -1.28. The molecule has 4 aromatic carbocycles. The first kappa shape index (κ1) is 30.7. The lowest BCUT2D eigenvalue weighted by Crippen LogP contribution is -2.05. The maximum Gasteiger partial charge on any atom is 0.339 e. The average molecular weight is 579 g/mol. The molecule has 0 aromatic heterocycles. The first-order valence-electron chi connectivity index (χ1n) is 13.8. The maximum atomic E-state index is 11.7. The van der Waals surface area contributed by atoms with Crippen LogP contribution in [0.25, 0.3) is 21.5 Å². The summed E-state index contributed by atoms with van der Waals surface area (Å²) in [6.45, 7) is 0.986. The quantitative estimate of drug-likeness (QED) is 0.0576. The minimum absolute atomic E-state index is 0.00575. The smallest absolute Gasteiger partial charge is 0.339 e. The summed E-state index contributed by atoms with van der Waals surface area (Å²) in [4.78, 5) is 31.5. The topological polar surface area (TPSA) is 152 Å². The number of fused-ring (bicyclic) bond motifs is 2. The lowest BCUT2D eigenvalue weighted by Gasteiger charge is -2.13. The van der Waals surface area contributed by atoms with Gasteiger partial charge in [0, 0.05) is 5.56 Å². The van der Waals surface area contributed by atoms with E-state index in [4.69, 9.17) is 20.0 Å². The summed E-state index contributed by atoms with van der Waals surface area (Å²) in [5.41, 5.74) is 1.64. The zero-order valence-electron chi connectivity index (χ0n) is 23.1. The molecule has 4 aromatic rings. The summed E-state index contributed by atoms with van der Waals surface area (Å²) in [6, 6.07) is 17.1. The predicted molar refractivity (Wildman–Crippen MR) is 155 cm³/mol. The summed E-state index contributed by atoms with van der Waals surface area (Å²) in [5, 5.41) is 39.6. The molecule has 4 N–H and O–H groups in total. The molecule has 222 valence electrons. The van der Waals surface area contributed by atoms with Crippen LogP contribution in [-0.2, 0) is 23.0 Å². The van der Waals surface area contributed by atoms with Crippen LogP contribution in [0.1, 0.15) is 70.4 Å². The third-order valence-corrected chi connectivity index (χ3v) is 7.01. The van der Waals surface area contributed by atoms with Crippen LogP contribution < -0.4 is 9.47 Å². The van der Waals surface area contributed by atoms with E-state index in [2.05, 4.69) is 9.78 Å². The highest BCUT2D eigenvalue weighted by molar-refractivity contribution is 6.00. The highest BCUT2D eigenvalue weighted by atomic mass is 17.1. The second-order valence-corrected chi connectivity index (χ2v) is 10.0. The van der Waals surface area contributed by atoms with Crippen LogP contribution >= 0.6 is 0 Å². The van der Waals surface area contributed by atoms with Crippen molar-refractivity contribution in [3.63, 3.8) is 0 Å². The van der Waals surface area contributed by atoms with Gasteiger partial charge < -0.3 is 19.7 Å². The van der Waals surface area contributed by atoms with E-state index in [-0.39, 0.29) is 30.1 Å². The second-order valence-electron chi connectivity index (χ2n) is 10.0. The van der Waals surface area contributed by atoms with Gasteiger partial charge in [-0.2, -0.15) is 0 Å². The molecule has 0 spiro atoms. The Morgan fingerprint density at radius 3 is 1.81 bits per heavy atom. The Hall–Kier alpha value is -4.22. The van der Waals surface area contributed by atoms with Crippen molar-refractivity contribution in [3.05, 3.63) is 82.9 Å². The monoisotopic (exact) mass is 578 g/mol. The van der Waals surface area contributed by atoms with Crippen LogP contribution in [0.15, 0.2) is 60.7 Å².